The molecule has 1 atom stereocenters. The van der Waals surface area contributed by atoms with Gasteiger partial charge in [0.05, 0.1) is 0 Å². The predicted molar refractivity (Wildman–Crippen MR) is 134 cm³/mol. The predicted octanol–water partition coefficient (Wildman–Crippen LogP) is 5.87. The Balaban J connectivity index is 1.81. The maximum Gasteiger partial charge on any atom is 0.242 e. The molecular formula is C27H31BrN2O2. The fourth-order valence-corrected chi connectivity index (χ4v) is 4.23. The minimum atomic E-state index is -0.576. The van der Waals surface area contributed by atoms with E-state index in [4.69, 9.17) is 0 Å². The second-order valence-corrected chi connectivity index (χ2v) is 10.1. The zero-order valence-corrected chi connectivity index (χ0v) is 20.8. The van der Waals surface area contributed by atoms with Crippen LogP contribution in [0.1, 0.15) is 45.2 Å². The molecule has 3 rings (SSSR count). The number of hydrogen-bond donors (Lipinski definition) is 1. The number of aryl methyl sites for hydroxylation is 1. The summed E-state index contributed by atoms with van der Waals surface area (Å²) < 4.78 is 0.949. The molecule has 0 saturated heterocycles. The molecule has 0 radical (unpaired) electrons. The van der Waals surface area contributed by atoms with E-state index in [1.807, 2.05) is 63.2 Å². The average Bonchev–Trinajstić information content (AvgIpc) is 2.74. The van der Waals surface area contributed by atoms with Crippen LogP contribution < -0.4 is 5.32 Å². The molecule has 32 heavy (non-hydrogen) atoms. The molecule has 1 unspecified atom stereocenters. The Morgan fingerprint density at radius 3 is 2.41 bits per heavy atom. The van der Waals surface area contributed by atoms with Gasteiger partial charge in [-0.05, 0) is 68.1 Å². The average molecular weight is 495 g/mol. The summed E-state index contributed by atoms with van der Waals surface area (Å²) in [6, 6.07) is 21.7. The Labute approximate surface area is 199 Å². The van der Waals surface area contributed by atoms with Crippen molar-refractivity contribution in [2.45, 2.75) is 58.7 Å². The van der Waals surface area contributed by atoms with Crippen LogP contribution >= 0.6 is 15.9 Å². The second-order valence-electron chi connectivity index (χ2n) is 9.21. The van der Waals surface area contributed by atoms with Gasteiger partial charge in [-0.2, -0.15) is 0 Å². The molecule has 2 amide bonds. The van der Waals surface area contributed by atoms with Crippen molar-refractivity contribution in [3.63, 3.8) is 0 Å². The van der Waals surface area contributed by atoms with Crippen LogP contribution in [0.4, 0.5) is 0 Å². The lowest BCUT2D eigenvalue weighted by Gasteiger charge is -2.31. The fraction of sp³-hybridized carbons (Fsp3) is 0.333. The minimum Gasteiger partial charge on any atom is -0.350 e. The van der Waals surface area contributed by atoms with Crippen LogP contribution in [0.5, 0.6) is 0 Å². The lowest BCUT2D eigenvalue weighted by Crippen LogP contribution is -2.52. The van der Waals surface area contributed by atoms with Gasteiger partial charge in [0, 0.05) is 23.0 Å². The lowest BCUT2D eigenvalue weighted by molar-refractivity contribution is -0.141. The fourth-order valence-electron chi connectivity index (χ4n) is 3.78. The molecule has 4 nitrogen and oxygen atoms in total. The van der Waals surface area contributed by atoms with Crippen molar-refractivity contribution in [2.75, 3.05) is 0 Å². The lowest BCUT2D eigenvalue weighted by atomic mass is 10.0. The van der Waals surface area contributed by atoms with Crippen molar-refractivity contribution < 1.29 is 9.59 Å². The highest BCUT2D eigenvalue weighted by molar-refractivity contribution is 9.10. The van der Waals surface area contributed by atoms with Crippen LogP contribution in [0, 0.1) is 0 Å². The molecule has 1 N–H and O–H groups in total. The van der Waals surface area contributed by atoms with Gasteiger partial charge in [-0.1, -0.05) is 70.5 Å². The molecule has 168 valence electrons. The van der Waals surface area contributed by atoms with Crippen molar-refractivity contribution in [3.05, 3.63) is 82.3 Å². The highest BCUT2D eigenvalue weighted by atomic mass is 79.9. The van der Waals surface area contributed by atoms with Gasteiger partial charge in [-0.25, -0.2) is 0 Å². The second kappa shape index (κ2) is 10.3. The van der Waals surface area contributed by atoms with Gasteiger partial charge in [0.2, 0.25) is 11.8 Å². The summed E-state index contributed by atoms with van der Waals surface area (Å²) in [5, 5.41) is 5.34. The summed E-state index contributed by atoms with van der Waals surface area (Å²) in [4.78, 5) is 28.0. The smallest absolute Gasteiger partial charge is 0.242 e. The summed E-state index contributed by atoms with van der Waals surface area (Å²) >= 11 is 3.50. The van der Waals surface area contributed by atoms with Crippen molar-refractivity contribution in [1.82, 2.24) is 10.2 Å². The Hall–Kier alpha value is -2.66. The molecule has 5 heteroatoms. The quantitative estimate of drug-likeness (QED) is 0.446. The molecule has 0 aliphatic carbocycles. The van der Waals surface area contributed by atoms with Crippen molar-refractivity contribution in [1.29, 1.82) is 0 Å². The van der Waals surface area contributed by atoms with Gasteiger partial charge in [0.25, 0.3) is 0 Å². The first-order valence-electron chi connectivity index (χ1n) is 11.0. The number of nitrogens with zero attached hydrogens (tertiary/aromatic N) is 1. The summed E-state index contributed by atoms with van der Waals surface area (Å²) in [7, 11) is 0. The number of halogens is 1. The van der Waals surface area contributed by atoms with Gasteiger partial charge in [-0.15, -0.1) is 0 Å². The van der Waals surface area contributed by atoms with E-state index in [0.29, 0.717) is 19.4 Å². The highest BCUT2D eigenvalue weighted by Gasteiger charge is 2.28. The van der Waals surface area contributed by atoms with Gasteiger partial charge in [-0.3, -0.25) is 9.59 Å². The number of carbonyl (C=O) groups is 2. The SMILES string of the molecule is CC(C(=O)NC(C)(C)C)N(Cc1cccc(Br)c1)C(=O)CCc1cccc2ccccc12. The van der Waals surface area contributed by atoms with E-state index < -0.39 is 6.04 Å². The van der Waals surface area contributed by atoms with Crippen molar-refractivity contribution in [3.8, 4) is 0 Å². The Morgan fingerprint density at radius 1 is 1.00 bits per heavy atom. The maximum absolute atomic E-state index is 13.4. The van der Waals surface area contributed by atoms with E-state index in [2.05, 4.69) is 45.5 Å². The number of rotatable bonds is 7. The van der Waals surface area contributed by atoms with E-state index in [-0.39, 0.29) is 17.4 Å². The van der Waals surface area contributed by atoms with Crippen LogP contribution in [0.15, 0.2) is 71.2 Å². The van der Waals surface area contributed by atoms with Crippen LogP contribution in [0.25, 0.3) is 10.8 Å². The number of carbonyl (C=O) groups excluding carboxylic acids is 2. The van der Waals surface area contributed by atoms with E-state index in [0.717, 1.165) is 15.6 Å². The van der Waals surface area contributed by atoms with E-state index in [1.54, 1.807) is 11.8 Å². The Morgan fingerprint density at radius 2 is 1.69 bits per heavy atom. The zero-order chi connectivity index (χ0) is 23.3. The first-order chi connectivity index (χ1) is 15.1. The molecule has 3 aromatic rings. The number of fused-ring (bicyclic) bond motifs is 1. The topological polar surface area (TPSA) is 49.4 Å². The summed E-state index contributed by atoms with van der Waals surface area (Å²) in [6.07, 6.45) is 0.970. The third-order valence-corrected chi connectivity index (χ3v) is 5.89. The molecule has 0 aliphatic heterocycles. The molecular weight excluding hydrogens is 464 g/mol. The molecule has 0 heterocycles. The van der Waals surface area contributed by atoms with Crippen molar-refractivity contribution >= 4 is 38.5 Å². The van der Waals surface area contributed by atoms with Crippen molar-refractivity contribution in [2.24, 2.45) is 0 Å². The van der Waals surface area contributed by atoms with E-state index in [9.17, 15) is 9.59 Å². The molecule has 0 spiro atoms. The van der Waals surface area contributed by atoms with E-state index >= 15 is 0 Å². The molecule has 0 aliphatic rings. The van der Waals surface area contributed by atoms with Crippen LogP contribution in [0.3, 0.4) is 0 Å². The van der Waals surface area contributed by atoms with Gasteiger partial charge in [0.15, 0.2) is 0 Å². The van der Waals surface area contributed by atoms with Gasteiger partial charge < -0.3 is 10.2 Å². The third kappa shape index (κ3) is 6.42. The molecule has 0 saturated carbocycles. The zero-order valence-electron chi connectivity index (χ0n) is 19.2. The van der Waals surface area contributed by atoms with Gasteiger partial charge >= 0.3 is 0 Å². The minimum absolute atomic E-state index is 0.0329. The molecule has 0 aromatic heterocycles. The maximum atomic E-state index is 13.4. The Bertz CT molecular complexity index is 1100. The number of nitrogens with one attached hydrogen (secondary N) is 1. The summed E-state index contributed by atoms with van der Waals surface area (Å²) in [5.74, 6) is -0.180. The molecule has 0 bridgehead atoms. The molecule has 3 aromatic carbocycles. The standard InChI is InChI=1S/C27H31BrN2O2/c1-19(26(32)29-27(2,3)4)30(18-20-9-7-13-23(28)17-20)25(31)16-15-22-12-8-11-21-10-5-6-14-24(21)22/h5-14,17,19H,15-16,18H2,1-4H3,(H,29,32). The number of hydrogen-bond acceptors (Lipinski definition) is 2. The van der Waals surface area contributed by atoms with Gasteiger partial charge in [0.1, 0.15) is 6.04 Å². The summed E-state index contributed by atoms with van der Waals surface area (Å²) in [6.45, 7) is 8.01. The highest BCUT2D eigenvalue weighted by Crippen LogP contribution is 2.21. The monoisotopic (exact) mass is 494 g/mol. The van der Waals surface area contributed by atoms with E-state index in [1.165, 1.54) is 10.8 Å². The van der Waals surface area contributed by atoms with Crippen LogP contribution in [-0.2, 0) is 22.6 Å². The third-order valence-electron chi connectivity index (χ3n) is 5.40. The number of amides is 2. The normalized spacial score (nSPS) is 12.4. The summed E-state index contributed by atoms with van der Waals surface area (Å²) in [5.41, 5.74) is 1.76. The molecule has 0 fully saturated rings. The first kappa shape index (κ1) is 24.0. The largest absolute Gasteiger partial charge is 0.350 e. The van der Waals surface area contributed by atoms with Crippen LogP contribution in [-0.4, -0.2) is 28.3 Å². The first-order valence-corrected chi connectivity index (χ1v) is 11.8. The van der Waals surface area contributed by atoms with Crippen LogP contribution in [0.2, 0.25) is 0 Å². The number of benzene rings is 3. The Kier molecular flexibility index (Phi) is 7.73.